The van der Waals surface area contributed by atoms with Gasteiger partial charge in [0.1, 0.15) is 6.61 Å². The molecule has 2 rings (SSSR count). The summed E-state index contributed by atoms with van der Waals surface area (Å²) in [5, 5.41) is 9.06. The van der Waals surface area contributed by atoms with Crippen molar-refractivity contribution >= 4 is 12.1 Å². The molecule has 1 aliphatic rings. The third-order valence-corrected chi connectivity index (χ3v) is 3.62. The van der Waals surface area contributed by atoms with E-state index in [1.54, 1.807) is 0 Å². The van der Waals surface area contributed by atoms with Crippen LogP contribution in [0, 0.1) is 0 Å². The van der Waals surface area contributed by atoms with Crippen LogP contribution in [-0.2, 0) is 16.1 Å². The summed E-state index contributed by atoms with van der Waals surface area (Å²) < 4.78 is 5.28. The minimum Gasteiger partial charge on any atom is -0.478 e. The second-order valence-electron chi connectivity index (χ2n) is 5.08. The fourth-order valence-electron chi connectivity index (χ4n) is 2.46. The Morgan fingerprint density at radius 1 is 1.29 bits per heavy atom. The lowest BCUT2D eigenvalue weighted by Gasteiger charge is -2.34. The third kappa shape index (κ3) is 3.84. The van der Waals surface area contributed by atoms with E-state index in [0.717, 1.165) is 18.4 Å². The Balaban J connectivity index is 1.98. The first-order chi connectivity index (χ1) is 10.1. The van der Waals surface area contributed by atoms with Crippen LogP contribution in [0.25, 0.3) is 0 Å². The fourth-order valence-corrected chi connectivity index (χ4v) is 2.46. The molecule has 1 aromatic carbocycles. The van der Waals surface area contributed by atoms with E-state index in [9.17, 15) is 9.59 Å². The molecule has 1 atom stereocenters. The van der Waals surface area contributed by atoms with E-state index in [4.69, 9.17) is 9.84 Å². The number of amides is 1. The average Bonchev–Trinajstić information content (AvgIpc) is 2.52. The topological polar surface area (TPSA) is 66.8 Å². The number of carbonyl (C=O) groups is 2. The van der Waals surface area contributed by atoms with Crippen LogP contribution >= 0.6 is 0 Å². The summed E-state index contributed by atoms with van der Waals surface area (Å²) in [7, 11) is 0. The average molecular weight is 289 g/mol. The lowest BCUT2D eigenvalue weighted by Crippen LogP contribution is -2.46. The minimum atomic E-state index is -1.07. The van der Waals surface area contributed by atoms with Crippen molar-refractivity contribution in [3.63, 3.8) is 0 Å². The normalized spacial score (nSPS) is 18.1. The van der Waals surface area contributed by atoms with Gasteiger partial charge in [-0.15, -0.1) is 0 Å². The standard InChI is InChI=1S/C16H19NO4/c1-12(15(18)19)14-9-5-6-10-17(14)16(20)21-11-13-7-3-2-4-8-13/h2-4,7-8,14H,1,5-6,9-11H2,(H,18,19). The number of carboxylic acids is 1. The smallest absolute Gasteiger partial charge is 0.410 e. The van der Waals surface area contributed by atoms with Gasteiger partial charge < -0.3 is 14.7 Å². The maximum absolute atomic E-state index is 12.2. The molecule has 1 unspecified atom stereocenters. The molecular formula is C16H19NO4. The second-order valence-corrected chi connectivity index (χ2v) is 5.08. The lowest BCUT2D eigenvalue weighted by molar-refractivity contribution is -0.133. The number of piperidine rings is 1. The Morgan fingerprint density at radius 2 is 2.00 bits per heavy atom. The number of ether oxygens (including phenoxy) is 1. The number of carbonyl (C=O) groups excluding carboxylic acids is 1. The van der Waals surface area contributed by atoms with Crippen LogP contribution in [0.3, 0.4) is 0 Å². The van der Waals surface area contributed by atoms with Crippen molar-refractivity contribution < 1.29 is 19.4 Å². The van der Waals surface area contributed by atoms with Gasteiger partial charge in [0.05, 0.1) is 11.6 Å². The molecule has 0 radical (unpaired) electrons. The largest absolute Gasteiger partial charge is 0.478 e. The van der Waals surface area contributed by atoms with E-state index in [1.807, 2.05) is 30.3 Å². The number of aliphatic carboxylic acids is 1. The zero-order chi connectivity index (χ0) is 15.2. The number of rotatable bonds is 4. The van der Waals surface area contributed by atoms with E-state index in [0.29, 0.717) is 13.0 Å². The molecule has 1 heterocycles. The first kappa shape index (κ1) is 15.1. The van der Waals surface area contributed by atoms with E-state index in [-0.39, 0.29) is 12.2 Å². The van der Waals surface area contributed by atoms with E-state index < -0.39 is 18.1 Å². The van der Waals surface area contributed by atoms with E-state index >= 15 is 0 Å². The van der Waals surface area contributed by atoms with Crippen LogP contribution in [0.15, 0.2) is 42.5 Å². The van der Waals surface area contributed by atoms with Crippen molar-refractivity contribution in [2.24, 2.45) is 0 Å². The Morgan fingerprint density at radius 3 is 2.67 bits per heavy atom. The summed E-state index contributed by atoms with van der Waals surface area (Å²) >= 11 is 0. The summed E-state index contributed by atoms with van der Waals surface area (Å²) in [6.45, 7) is 4.27. The van der Waals surface area contributed by atoms with Crippen molar-refractivity contribution in [1.29, 1.82) is 0 Å². The SMILES string of the molecule is C=C(C(=O)O)C1CCCCN1C(=O)OCc1ccccc1. The number of benzene rings is 1. The fraction of sp³-hybridized carbons (Fsp3) is 0.375. The lowest BCUT2D eigenvalue weighted by atomic mass is 9.96. The molecule has 1 amide bonds. The zero-order valence-corrected chi connectivity index (χ0v) is 11.8. The maximum Gasteiger partial charge on any atom is 0.410 e. The van der Waals surface area contributed by atoms with Gasteiger partial charge in [-0.05, 0) is 24.8 Å². The van der Waals surface area contributed by atoms with E-state index in [1.165, 1.54) is 4.90 Å². The van der Waals surface area contributed by atoms with Crippen molar-refractivity contribution in [3.8, 4) is 0 Å². The molecule has 1 aromatic rings. The molecule has 0 aromatic heterocycles. The quantitative estimate of drug-likeness (QED) is 0.865. The van der Waals surface area contributed by atoms with Gasteiger partial charge in [0, 0.05) is 6.54 Å². The molecule has 21 heavy (non-hydrogen) atoms. The van der Waals surface area contributed by atoms with Crippen molar-refractivity contribution in [2.45, 2.75) is 31.9 Å². The monoisotopic (exact) mass is 289 g/mol. The van der Waals surface area contributed by atoms with Gasteiger partial charge in [0.15, 0.2) is 0 Å². The molecule has 1 saturated heterocycles. The molecule has 0 spiro atoms. The zero-order valence-electron chi connectivity index (χ0n) is 11.8. The number of hydrogen-bond acceptors (Lipinski definition) is 3. The van der Waals surface area contributed by atoms with Crippen LogP contribution < -0.4 is 0 Å². The predicted octanol–water partition coefficient (Wildman–Crippen LogP) is 2.82. The molecule has 112 valence electrons. The van der Waals surface area contributed by atoms with Crippen LogP contribution in [-0.4, -0.2) is 34.7 Å². The summed E-state index contributed by atoms with van der Waals surface area (Å²) in [5.41, 5.74) is 0.947. The number of hydrogen-bond donors (Lipinski definition) is 1. The highest BCUT2D eigenvalue weighted by Crippen LogP contribution is 2.23. The van der Waals surface area contributed by atoms with E-state index in [2.05, 4.69) is 6.58 Å². The summed E-state index contributed by atoms with van der Waals surface area (Å²) in [5.74, 6) is -1.07. The minimum absolute atomic E-state index is 0.0476. The molecule has 0 saturated carbocycles. The Hall–Kier alpha value is -2.30. The van der Waals surface area contributed by atoms with Gasteiger partial charge in [-0.25, -0.2) is 9.59 Å². The molecule has 1 aliphatic heterocycles. The van der Waals surface area contributed by atoms with Gasteiger partial charge in [0.2, 0.25) is 0 Å². The summed E-state index contributed by atoms with van der Waals surface area (Å²) in [6.07, 6.45) is 1.88. The Kier molecular flexibility index (Phi) is 4.98. The van der Waals surface area contributed by atoms with Gasteiger partial charge in [-0.3, -0.25) is 0 Å². The number of nitrogens with zero attached hydrogens (tertiary/aromatic N) is 1. The van der Waals surface area contributed by atoms with Crippen LogP contribution in [0.5, 0.6) is 0 Å². The Labute approximate surface area is 123 Å². The third-order valence-electron chi connectivity index (χ3n) is 3.62. The summed E-state index contributed by atoms with van der Waals surface area (Å²) in [4.78, 5) is 24.7. The van der Waals surface area contributed by atoms with Crippen LogP contribution in [0.2, 0.25) is 0 Å². The maximum atomic E-state index is 12.2. The van der Waals surface area contributed by atoms with Gasteiger partial charge in [-0.1, -0.05) is 36.9 Å². The highest BCUT2D eigenvalue weighted by molar-refractivity contribution is 5.88. The molecule has 0 bridgehead atoms. The number of likely N-dealkylation sites (tertiary alicyclic amines) is 1. The number of carboxylic acid groups (broad SMARTS) is 1. The van der Waals surface area contributed by atoms with Gasteiger partial charge in [0.25, 0.3) is 0 Å². The molecule has 0 aliphatic carbocycles. The summed E-state index contributed by atoms with van der Waals surface area (Å²) in [6, 6.07) is 8.91. The molecule has 1 fully saturated rings. The van der Waals surface area contributed by atoms with Gasteiger partial charge >= 0.3 is 12.1 Å². The Bertz CT molecular complexity index is 526. The van der Waals surface area contributed by atoms with Crippen molar-refractivity contribution in [2.75, 3.05) is 6.54 Å². The highest BCUT2D eigenvalue weighted by atomic mass is 16.6. The first-order valence-corrected chi connectivity index (χ1v) is 6.99. The first-order valence-electron chi connectivity index (χ1n) is 6.99. The van der Waals surface area contributed by atoms with Gasteiger partial charge in [-0.2, -0.15) is 0 Å². The molecule has 1 N–H and O–H groups in total. The van der Waals surface area contributed by atoms with Crippen molar-refractivity contribution in [3.05, 3.63) is 48.0 Å². The molecule has 5 nitrogen and oxygen atoms in total. The van der Waals surface area contributed by atoms with Crippen LogP contribution in [0.4, 0.5) is 4.79 Å². The highest BCUT2D eigenvalue weighted by Gasteiger charge is 2.32. The van der Waals surface area contributed by atoms with Crippen molar-refractivity contribution in [1.82, 2.24) is 4.90 Å². The predicted molar refractivity (Wildman–Crippen MR) is 77.7 cm³/mol. The molecular weight excluding hydrogens is 270 g/mol. The van der Waals surface area contributed by atoms with Crippen LogP contribution in [0.1, 0.15) is 24.8 Å². The molecule has 5 heteroatoms. The second kappa shape index (κ2) is 6.92.